The van der Waals surface area contributed by atoms with Gasteiger partial charge in [0.15, 0.2) is 0 Å². The Morgan fingerprint density at radius 2 is 1.00 bits per heavy atom. The molecule has 3 aromatic rings. The standard InChI is InChI=1S/C26H31BO6/c1-5-22-16-26(30-4)15-10-23(22)19-33-27(31-17-20-6-11-24(28-2)12-7-20)32-18-21-8-13-25(29-3)14-9-21/h6-16H,5,17-19H2,1-4H3. The number of benzene rings is 3. The van der Waals surface area contributed by atoms with Gasteiger partial charge in [0.25, 0.3) is 0 Å². The zero-order valence-corrected chi connectivity index (χ0v) is 19.7. The summed E-state index contributed by atoms with van der Waals surface area (Å²) in [5.74, 6) is 2.43. The second-order valence-corrected chi connectivity index (χ2v) is 7.41. The summed E-state index contributed by atoms with van der Waals surface area (Å²) in [4.78, 5) is 0. The molecule has 0 aliphatic carbocycles. The van der Waals surface area contributed by atoms with Crippen molar-refractivity contribution in [1.29, 1.82) is 0 Å². The fraction of sp³-hybridized carbons (Fsp3) is 0.308. The SMILES string of the molecule is CCc1cc(OC)ccc1COB(OCc1ccc(OC)cc1)OCc1ccc(OC)cc1. The lowest BCUT2D eigenvalue weighted by Crippen LogP contribution is -2.27. The molecular weight excluding hydrogens is 419 g/mol. The minimum Gasteiger partial charge on any atom is -0.497 e. The summed E-state index contributed by atoms with van der Waals surface area (Å²) in [6.07, 6.45) is 0.875. The van der Waals surface area contributed by atoms with Crippen molar-refractivity contribution in [2.24, 2.45) is 0 Å². The molecule has 0 aromatic heterocycles. The molecule has 0 atom stereocenters. The lowest BCUT2D eigenvalue weighted by molar-refractivity contribution is 0.0764. The van der Waals surface area contributed by atoms with Crippen LogP contribution in [0.1, 0.15) is 29.2 Å². The third-order valence-electron chi connectivity index (χ3n) is 5.26. The van der Waals surface area contributed by atoms with E-state index in [1.165, 1.54) is 5.56 Å². The van der Waals surface area contributed by atoms with Crippen LogP contribution in [0.15, 0.2) is 66.7 Å². The Labute approximate surface area is 196 Å². The van der Waals surface area contributed by atoms with Crippen molar-refractivity contribution in [3.05, 3.63) is 89.0 Å². The topological polar surface area (TPSA) is 55.4 Å². The predicted molar refractivity (Wildman–Crippen MR) is 128 cm³/mol. The van der Waals surface area contributed by atoms with Gasteiger partial charge in [-0.25, -0.2) is 0 Å². The van der Waals surface area contributed by atoms with Crippen LogP contribution in [0.5, 0.6) is 17.2 Å². The van der Waals surface area contributed by atoms with Gasteiger partial charge < -0.3 is 28.2 Å². The van der Waals surface area contributed by atoms with Gasteiger partial charge in [-0.05, 0) is 65.1 Å². The first-order valence-corrected chi connectivity index (χ1v) is 10.9. The summed E-state index contributed by atoms with van der Waals surface area (Å²) >= 11 is 0. The highest BCUT2D eigenvalue weighted by Gasteiger charge is 2.22. The molecule has 0 spiro atoms. The monoisotopic (exact) mass is 450 g/mol. The predicted octanol–water partition coefficient (Wildman–Crippen LogP) is 5.21. The molecule has 0 saturated heterocycles. The normalized spacial score (nSPS) is 10.7. The molecule has 3 aromatic carbocycles. The molecule has 0 unspecified atom stereocenters. The van der Waals surface area contributed by atoms with Gasteiger partial charge in [-0.2, -0.15) is 0 Å². The Morgan fingerprint density at radius 1 is 0.545 bits per heavy atom. The van der Waals surface area contributed by atoms with E-state index in [2.05, 4.69) is 6.92 Å². The summed E-state index contributed by atoms with van der Waals surface area (Å²) in [6, 6.07) is 21.4. The van der Waals surface area contributed by atoms with Crippen LogP contribution in [0.2, 0.25) is 0 Å². The van der Waals surface area contributed by atoms with Crippen molar-refractivity contribution in [3.8, 4) is 17.2 Å². The van der Waals surface area contributed by atoms with E-state index in [9.17, 15) is 0 Å². The number of rotatable bonds is 13. The van der Waals surface area contributed by atoms with Gasteiger partial charge in [-0.1, -0.05) is 37.3 Å². The van der Waals surface area contributed by atoms with E-state index in [4.69, 9.17) is 28.2 Å². The first-order chi connectivity index (χ1) is 16.1. The lowest BCUT2D eigenvalue weighted by Gasteiger charge is -2.17. The lowest BCUT2D eigenvalue weighted by atomic mass is 10.0. The van der Waals surface area contributed by atoms with E-state index in [0.29, 0.717) is 19.8 Å². The Balaban J connectivity index is 1.65. The molecular formula is C26H31BO6. The summed E-state index contributed by atoms with van der Waals surface area (Å²) in [7, 11) is 4.13. The summed E-state index contributed by atoms with van der Waals surface area (Å²) in [6.45, 7) is 3.17. The quantitative estimate of drug-likeness (QED) is 0.333. The van der Waals surface area contributed by atoms with Gasteiger partial charge in [0.05, 0.1) is 41.2 Å². The minimum atomic E-state index is -0.832. The maximum Gasteiger partial charge on any atom is 0.640 e. The summed E-state index contributed by atoms with van der Waals surface area (Å²) < 4.78 is 33.8. The maximum atomic E-state index is 6.04. The average molecular weight is 450 g/mol. The van der Waals surface area contributed by atoms with Crippen LogP contribution in [0.3, 0.4) is 0 Å². The fourth-order valence-electron chi connectivity index (χ4n) is 3.27. The summed E-state index contributed by atoms with van der Waals surface area (Å²) in [5.41, 5.74) is 4.23. The maximum absolute atomic E-state index is 6.04. The number of aryl methyl sites for hydroxylation is 1. The van der Waals surface area contributed by atoms with Crippen LogP contribution < -0.4 is 14.2 Å². The second-order valence-electron chi connectivity index (χ2n) is 7.41. The largest absolute Gasteiger partial charge is 0.640 e. The van der Waals surface area contributed by atoms with E-state index >= 15 is 0 Å². The highest BCUT2D eigenvalue weighted by Crippen LogP contribution is 2.20. The smallest absolute Gasteiger partial charge is 0.497 e. The van der Waals surface area contributed by atoms with Gasteiger partial charge in [0.2, 0.25) is 0 Å². The van der Waals surface area contributed by atoms with E-state index in [1.807, 2.05) is 66.7 Å². The van der Waals surface area contributed by atoms with Crippen LogP contribution >= 0.6 is 0 Å². The Morgan fingerprint density at radius 3 is 1.45 bits per heavy atom. The molecule has 0 aliphatic rings. The molecule has 174 valence electrons. The number of hydrogen-bond donors (Lipinski definition) is 0. The van der Waals surface area contributed by atoms with Crippen LogP contribution in [0.4, 0.5) is 0 Å². The molecule has 0 heterocycles. The zero-order chi connectivity index (χ0) is 23.5. The van der Waals surface area contributed by atoms with E-state index < -0.39 is 7.32 Å². The Bertz CT molecular complexity index is 924. The van der Waals surface area contributed by atoms with Crippen molar-refractivity contribution in [2.75, 3.05) is 21.3 Å². The first-order valence-electron chi connectivity index (χ1n) is 10.9. The van der Waals surface area contributed by atoms with Crippen molar-refractivity contribution < 1.29 is 28.2 Å². The molecule has 0 aliphatic heterocycles. The number of ether oxygens (including phenoxy) is 3. The van der Waals surface area contributed by atoms with Crippen LogP contribution in [-0.4, -0.2) is 28.7 Å². The van der Waals surface area contributed by atoms with Crippen LogP contribution in [0.25, 0.3) is 0 Å². The van der Waals surface area contributed by atoms with Gasteiger partial charge in [0, 0.05) is 0 Å². The van der Waals surface area contributed by atoms with Crippen molar-refractivity contribution in [1.82, 2.24) is 0 Å². The molecule has 0 bridgehead atoms. The van der Waals surface area contributed by atoms with Crippen LogP contribution in [-0.2, 0) is 40.2 Å². The third kappa shape index (κ3) is 7.53. The van der Waals surface area contributed by atoms with Gasteiger partial charge in [-0.3, -0.25) is 0 Å². The first kappa shape index (κ1) is 24.6. The van der Waals surface area contributed by atoms with Crippen molar-refractivity contribution in [2.45, 2.75) is 33.2 Å². The van der Waals surface area contributed by atoms with E-state index in [0.717, 1.165) is 40.4 Å². The molecule has 3 rings (SSSR count). The van der Waals surface area contributed by atoms with Crippen molar-refractivity contribution in [3.63, 3.8) is 0 Å². The molecule has 7 heteroatoms. The molecule has 0 radical (unpaired) electrons. The van der Waals surface area contributed by atoms with Gasteiger partial charge >= 0.3 is 7.32 Å². The van der Waals surface area contributed by atoms with Crippen molar-refractivity contribution >= 4 is 7.32 Å². The molecule has 33 heavy (non-hydrogen) atoms. The summed E-state index contributed by atoms with van der Waals surface area (Å²) in [5, 5.41) is 0. The molecule has 0 fully saturated rings. The minimum absolute atomic E-state index is 0.348. The van der Waals surface area contributed by atoms with Gasteiger partial charge in [0.1, 0.15) is 17.2 Å². The van der Waals surface area contributed by atoms with E-state index in [1.54, 1.807) is 21.3 Å². The highest BCUT2D eigenvalue weighted by molar-refractivity contribution is 6.36. The molecule has 0 amide bonds. The average Bonchev–Trinajstić information content (AvgIpc) is 2.88. The van der Waals surface area contributed by atoms with Gasteiger partial charge in [-0.15, -0.1) is 0 Å². The number of methoxy groups -OCH3 is 3. The third-order valence-corrected chi connectivity index (χ3v) is 5.26. The fourth-order valence-corrected chi connectivity index (χ4v) is 3.27. The Hall–Kier alpha value is -3.00. The van der Waals surface area contributed by atoms with Crippen LogP contribution in [0, 0.1) is 0 Å². The molecule has 0 N–H and O–H groups in total. The molecule has 0 saturated carbocycles. The molecule has 6 nitrogen and oxygen atoms in total. The second kappa shape index (κ2) is 12.9. The number of hydrogen-bond acceptors (Lipinski definition) is 6. The highest BCUT2D eigenvalue weighted by atomic mass is 16.7. The zero-order valence-electron chi connectivity index (χ0n) is 19.7. The Kier molecular flexibility index (Phi) is 9.63. The van der Waals surface area contributed by atoms with E-state index in [-0.39, 0.29) is 0 Å².